The molecule has 1 aliphatic carbocycles. The number of allylic oxidation sites excluding steroid dienone is 4. The molecular formula is C34H30N2. The van der Waals surface area contributed by atoms with E-state index in [2.05, 4.69) is 97.4 Å². The van der Waals surface area contributed by atoms with Gasteiger partial charge in [0.15, 0.2) is 0 Å². The van der Waals surface area contributed by atoms with Gasteiger partial charge in [0.1, 0.15) is 0 Å². The van der Waals surface area contributed by atoms with E-state index in [1.807, 2.05) is 24.3 Å². The fraction of sp³-hybridized carbons (Fsp3) is 0.118. The molecule has 4 aromatic rings. The molecule has 0 saturated carbocycles. The Balaban J connectivity index is 1.49. The van der Waals surface area contributed by atoms with E-state index in [1.54, 1.807) is 12.3 Å². The molecule has 0 aliphatic heterocycles. The van der Waals surface area contributed by atoms with Crippen LogP contribution < -0.4 is 0 Å². The molecule has 2 nitrogen and oxygen atoms in total. The number of pyridine rings is 1. The fourth-order valence-corrected chi connectivity index (χ4v) is 4.93. The van der Waals surface area contributed by atoms with E-state index in [0.717, 1.165) is 24.0 Å². The number of benzene rings is 3. The van der Waals surface area contributed by atoms with Crippen LogP contribution in [0.25, 0.3) is 22.3 Å². The first kappa shape index (κ1) is 23.4. The third kappa shape index (κ3) is 4.89. The van der Waals surface area contributed by atoms with Gasteiger partial charge in [0.25, 0.3) is 0 Å². The highest BCUT2D eigenvalue weighted by Gasteiger charge is 2.15. The Morgan fingerprint density at radius 1 is 0.889 bits per heavy atom. The lowest BCUT2D eigenvalue weighted by Crippen LogP contribution is -2.00. The molecule has 3 aromatic carbocycles. The summed E-state index contributed by atoms with van der Waals surface area (Å²) in [5.74, 6) is 0.498. The normalized spacial score (nSPS) is 16.9. The number of rotatable bonds is 5. The van der Waals surface area contributed by atoms with Gasteiger partial charge in [0.2, 0.25) is 0 Å². The molecule has 0 radical (unpaired) electrons. The minimum atomic E-state index is 0.371. The predicted molar refractivity (Wildman–Crippen MR) is 152 cm³/mol. The predicted octanol–water partition coefficient (Wildman–Crippen LogP) is 8.72. The van der Waals surface area contributed by atoms with Crippen LogP contribution >= 0.6 is 0 Å². The van der Waals surface area contributed by atoms with Crippen LogP contribution in [0.3, 0.4) is 0 Å². The van der Waals surface area contributed by atoms with E-state index in [4.69, 9.17) is 5.41 Å². The first-order chi connectivity index (χ1) is 17.6. The second-order valence-corrected chi connectivity index (χ2v) is 9.27. The van der Waals surface area contributed by atoms with Crippen LogP contribution in [0.2, 0.25) is 0 Å². The van der Waals surface area contributed by atoms with Crippen LogP contribution in [0.4, 0.5) is 0 Å². The summed E-state index contributed by atoms with van der Waals surface area (Å²) in [6.45, 7) is 6.32. The molecule has 0 fully saturated rings. The van der Waals surface area contributed by atoms with E-state index in [9.17, 15) is 0 Å². The number of fused-ring (bicyclic) bond motifs is 4. The minimum Gasteiger partial charge on any atom is -0.299 e. The van der Waals surface area contributed by atoms with Crippen molar-refractivity contribution in [2.75, 3.05) is 0 Å². The Hall–Kier alpha value is -4.30. The zero-order chi connectivity index (χ0) is 24.9. The van der Waals surface area contributed by atoms with Gasteiger partial charge in [-0.15, -0.1) is 0 Å². The van der Waals surface area contributed by atoms with Crippen molar-refractivity contribution in [1.29, 1.82) is 5.41 Å². The van der Waals surface area contributed by atoms with Gasteiger partial charge >= 0.3 is 0 Å². The number of nitrogens with zero attached hydrogens (tertiary/aromatic N) is 1. The largest absolute Gasteiger partial charge is 0.299 e. The quantitative estimate of drug-likeness (QED) is 0.232. The van der Waals surface area contributed by atoms with Crippen LogP contribution in [0.15, 0.2) is 122 Å². The van der Waals surface area contributed by atoms with Crippen LogP contribution in [0.1, 0.15) is 53.6 Å². The molecule has 2 heteroatoms. The van der Waals surface area contributed by atoms with Crippen LogP contribution in [-0.2, 0) is 0 Å². The van der Waals surface area contributed by atoms with Gasteiger partial charge in [-0.3, -0.25) is 10.4 Å². The summed E-state index contributed by atoms with van der Waals surface area (Å²) in [7, 11) is 0. The molecule has 5 rings (SSSR count). The third-order valence-corrected chi connectivity index (χ3v) is 6.91. The Labute approximate surface area is 213 Å². The maximum Gasteiger partial charge on any atom is 0.0879 e. The van der Waals surface area contributed by atoms with Crippen LogP contribution in [-0.4, -0.2) is 10.7 Å². The second kappa shape index (κ2) is 10.5. The van der Waals surface area contributed by atoms with E-state index < -0.39 is 0 Å². The lowest BCUT2D eigenvalue weighted by atomic mass is 9.85. The topological polar surface area (TPSA) is 36.7 Å². The average molecular weight is 467 g/mol. The lowest BCUT2D eigenvalue weighted by Gasteiger charge is -2.20. The summed E-state index contributed by atoms with van der Waals surface area (Å²) in [6.07, 6.45) is 9.87. The van der Waals surface area contributed by atoms with Gasteiger partial charge in [-0.05, 0) is 87.6 Å². The van der Waals surface area contributed by atoms with Crippen molar-refractivity contribution in [2.45, 2.75) is 25.7 Å². The van der Waals surface area contributed by atoms with Gasteiger partial charge in [-0.2, -0.15) is 0 Å². The number of aromatic nitrogens is 1. The average Bonchev–Trinajstić information content (AvgIpc) is 2.94. The van der Waals surface area contributed by atoms with Crippen molar-refractivity contribution < 1.29 is 0 Å². The fourth-order valence-electron chi connectivity index (χ4n) is 4.93. The summed E-state index contributed by atoms with van der Waals surface area (Å²) in [5, 5.41) is 8.43. The maximum absolute atomic E-state index is 8.43. The molecule has 1 atom stereocenters. The molecule has 1 aliphatic rings. The Bertz CT molecular complexity index is 1460. The Kier molecular flexibility index (Phi) is 6.86. The van der Waals surface area contributed by atoms with Crippen LogP contribution in [0, 0.1) is 5.41 Å². The molecule has 36 heavy (non-hydrogen) atoms. The van der Waals surface area contributed by atoms with Gasteiger partial charge in [-0.1, -0.05) is 98.5 Å². The Morgan fingerprint density at radius 3 is 2.44 bits per heavy atom. The molecule has 2 bridgehead atoms. The molecule has 0 saturated heterocycles. The van der Waals surface area contributed by atoms with Gasteiger partial charge < -0.3 is 0 Å². The summed E-state index contributed by atoms with van der Waals surface area (Å²) >= 11 is 0. The van der Waals surface area contributed by atoms with Crippen molar-refractivity contribution in [3.63, 3.8) is 0 Å². The van der Waals surface area contributed by atoms with Crippen LogP contribution in [0.5, 0.6) is 0 Å². The third-order valence-electron chi connectivity index (χ3n) is 6.91. The molecule has 0 amide bonds. The van der Waals surface area contributed by atoms with E-state index in [0.29, 0.717) is 17.3 Å². The van der Waals surface area contributed by atoms with E-state index in [-0.39, 0.29) is 0 Å². The van der Waals surface area contributed by atoms with Crippen molar-refractivity contribution in [3.05, 3.63) is 150 Å². The second-order valence-electron chi connectivity index (χ2n) is 9.27. The smallest absolute Gasteiger partial charge is 0.0879 e. The maximum atomic E-state index is 8.43. The first-order valence-electron chi connectivity index (χ1n) is 12.5. The molecule has 1 unspecified atom stereocenters. The molecule has 176 valence electrons. The lowest BCUT2D eigenvalue weighted by molar-refractivity contribution is 0.692. The van der Waals surface area contributed by atoms with Gasteiger partial charge in [-0.25, -0.2) is 0 Å². The molecule has 1 N–H and O–H groups in total. The first-order valence-corrected chi connectivity index (χ1v) is 12.5. The summed E-state index contributed by atoms with van der Waals surface area (Å²) in [6, 6.07) is 31.9. The molecule has 1 heterocycles. The minimum absolute atomic E-state index is 0.371. The summed E-state index contributed by atoms with van der Waals surface area (Å²) in [4.78, 5) is 4.29. The molecular weight excluding hydrogens is 436 g/mol. The van der Waals surface area contributed by atoms with Crippen molar-refractivity contribution >= 4 is 16.9 Å². The molecule has 1 aromatic heterocycles. The highest BCUT2D eigenvalue weighted by molar-refractivity contribution is 6.10. The summed E-state index contributed by atoms with van der Waals surface area (Å²) < 4.78 is 0. The monoisotopic (exact) mass is 466 g/mol. The van der Waals surface area contributed by atoms with Gasteiger partial charge in [0, 0.05) is 6.20 Å². The van der Waals surface area contributed by atoms with Crippen molar-refractivity contribution in [1.82, 2.24) is 4.98 Å². The number of nitrogens with one attached hydrogen (secondary N) is 1. The number of hydrogen-bond acceptors (Lipinski definition) is 2. The van der Waals surface area contributed by atoms with Crippen molar-refractivity contribution in [3.8, 4) is 11.1 Å². The summed E-state index contributed by atoms with van der Waals surface area (Å²) in [5.41, 5.74) is 10.7. The van der Waals surface area contributed by atoms with E-state index in [1.165, 1.54) is 33.4 Å². The van der Waals surface area contributed by atoms with Gasteiger partial charge in [0.05, 0.1) is 11.4 Å². The molecule has 0 spiro atoms. The zero-order valence-corrected chi connectivity index (χ0v) is 20.6. The standard InChI is InChI=1S/C34H30N2/c1-3-25(23-33(35)34-16-6-7-21-36-34)26-17-19-27(20-18-26)31-15-8-10-24(2)30-13-4-5-14-32(30)29-12-9-11-28(31)22-29/h3-7,9,11-24,35H,1,8,10H2,2H3/b25-23+,31-15-,35-33?. The zero-order valence-electron chi connectivity index (χ0n) is 20.6. The SMILES string of the molecule is C=C/C(=C\C(=N)c1ccccn1)c1ccc(/C2=C/CCC(C)c3ccccc3-c3cccc2c3)cc1. The number of hydrogen-bond donors (Lipinski definition) is 1. The highest BCUT2D eigenvalue weighted by Crippen LogP contribution is 2.36. The van der Waals surface area contributed by atoms with Crippen molar-refractivity contribution in [2.24, 2.45) is 0 Å². The highest BCUT2D eigenvalue weighted by atomic mass is 14.7. The Morgan fingerprint density at radius 2 is 1.67 bits per heavy atom. The van der Waals surface area contributed by atoms with E-state index >= 15 is 0 Å².